The monoisotopic (exact) mass is 329 g/mol. The van der Waals surface area contributed by atoms with Gasteiger partial charge in [0.1, 0.15) is 17.1 Å². The van der Waals surface area contributed by atoms with E-state index in [4.69, 9.17) is 9.84 Å². The number of ether oxygens (including phenoxy) is 1. The number of carbonyl (C=O) groups is 2. The molecule has 3 N–H and O–H groups in total. The zero-order valence-electron chi connectivity index (χ0n) is 13.4. The SMILES string of the molecule is CC(C)c1ccc(OCC(=O)Nc2ccc(O)c(C(=O)O)c2)cc1. The van der Waals surface area contributed by atoms with Crippen molar-refractivity contribution >= 4 is 17.6 Å². The first kappa shape index (κ1) is 17.3. The van der Waals surface area contributed by atoms with E-state index in [0.29, 0.717) is 11.7 Å². The average Bonchev–Trinajstić information content (AvgIpc) is 2.55. The summed E-state index contributed by atoms with van der Waals surface area (Å²) in [5.41, 5.74) is 1.17. The number of rotatable bonds is 6. The van der Waals surface area contributed by atoms with Gasteiger partial charge in [-0.05, 0) is 41.8 Å². The van der Waals surface area contributed by atoms with Crippen molar-refractivity contribution < 1.29 is 24.5 Å². The Labute approximate surface area is 139 Å². The third-order valence-electron chi connectivity index (χ3n) is 3.43. The van der Waals surface area contributed by atoms with Crippen molar-refractivity contribution in [3.8, 4) is 11.5 Å². The van der Waals surface area contributed by atoms with Crippen LogP contribution in [0.5, 0.6) is 11.5 Å². The standard InChI is InChI=1S/C18H19NO5/c1-11(2)12-3-6-14(7-4-12)24-10-17(21)19-13-5-8-16(20)15(9-13)18(22)23/h3-9,11,20H,10H2,1-2H3,(H,19,21)(H,22,23). The number of phenols is 1. The molecule has 1 amide bonds. The van der Waals surface area contributed by atoms with Crippen molar-refractivity contribution in [2.75, 3.05) is 11.9 Å². The molecule has 0 heterocycles. The number of amides is 1. The Bertz CT molecular complexity index is 738. The first-order valence-electron chi connectivity index (χ1n) is 7.45. The minimum Gasteiger partial charge on any atom is -0.507 e. The second kappa shape index (κ2) is 7.50. The van der Waals surface area contributed by atoms with Gasteiger partial charge in [-0.2, -0.15) is 0 Å². The van der Waals surface area contributed by atoms with Gasteiger partial charge in [-0.15, -0.1) is 0 Å². The highest BCUT2D eigenvalue weighted by Gasteiger charge is 2.12. The maximum Gasteiger partial charge on any atom is 0.339 e. The third kappa shape index (κ3) is 4.49. The molecule has 2 rings (SSSR count). The van der Waals surface area contributed by atoms with E-state index in [0.717, 1.165) is 0 Å². The maximum atomic E-state index is 11.9. The summed E-state index contributed by atoms with van der Waals surface area (Å²) in [4.78, 5) is 22.8. The average molecular weight is 329 g/mol. The van der Waals surface area contributed by atoms with E-state index in [2.05, 4.69) is 19.2 Å². The number of benzene rings is 2. The Morgan fingerprint density at radius 1 is 1.12 bits per heavy atom. The lowest BCUT2D eigenvalue weighted by atomic mass is 10.0. The van der Waals surface area contributed by atoms with Gasteiger partial charge in [0.25, 0.3) is 5.91 Å². The van der Waals surface area contributed by atoms with Crippen LogP contribution in [0.15, 0.2) is 42.5 Å². The van der Waals surface area contributed by atoms with Crippen molar-refractivity contribution in [1.29, 1.82) is 0 Å². The third-order valence-corrected chi connectivity index (χ3v) is 3.43. The number of hydrogen-bond donors (Lipinski definition) is 3. The van der Waals surface area contributed by atoms with Crippen LogP contribution in [0.1, 0.15) is 35.7 Å². The molecule has 0 radical (unpaired) electrons. The van der Waals surface area contributed by atoms with Gasteiger partial charge in [0.15, 0.2) is 6.61 Å². The predicted octanol–water partition coefficient (Wildman–Crippen LogP) is 3.23. The number of nitrogens with one attached hydrogen (secondary N) is 1. The maximum absolute atomic E-state index is 11.9. The van der Waals surface area contributed by atoms with Crippen LogP contribution < -0.4 is 10.1 Å². The van der Waals surface area contributed by atoms with Gasteiger partial charge < -0.3 is 20.3 Å². The fourth-order valence-electron chi connectivity index (χ4n) is 2.08. The highest BCUT2D eigenvalue weighted by molar-refractivity contribution is 5.96. The van der Waals surface area contributed by atoms with E-state index in [9.17, 15) is 14.7 Å². The molecular weight excluding hydrogens is 310 g/mol. The van der Waals surface area contributed by atoms with E-state index < -0.39 is 11.9 Å². The van der Waals surface area contributed by atoms with Crippen molar-refractivity contribution in [2.24, 2.45) is 0 Å². The summed E-state index contributed by atoms with van der Waals surface area (Å²) in [7, 11) is 0. The second-order valence-corrected chi connectivity index (χ2v) is 5.60. The van der Waals surface area contributed by atoms with Crippen LogP contribution >= 0.6 is 0 Å². The first-order valence-corrected chi connectivity index (χ1v) is 7.45. The molecule has 0 bridgehead atoms. The summed E-state index contributed by atoms with van der Waals surface area (Å²) >= 11 is 0. The van der Waals surface area contributed by atoms with Gasteiger partial charge in [0.05, 0.1) is 0 Å². The predicted molar refractivity (Wildman–Crippen MR) is 89.7 cm³/mol. The van der Waals surface area contributed by atoms with Crippen LogP contribution in [0.4, 0.5) is 5.69 Å². The molecule has 0 saturated carbocycles. The van der Waals surface area contributed by atoms with Crippen LogP contribution in [0.2, 0.25) is 0 Å². The number of aromatic carboxylic acids is 1. The number of carboxylic acids is 1. The molecular formula is C18H19NO5. The molecule has 0 aliphatic carbocycles. The van der Waals surface area contributed by atoms with E-state index in [1.807, 2.05) is 12.1 Å². The van der Waals surface area contributed by atoms with Crippen LogP contribution in [0.25, 0.3) is 0 Å². The molecule has 0 aromatic heterocycles. The largest absolute Gasteiger partial charge is 0.507 e. The molecule has 6 nitrogen and oxygen atoms in total. The Morgan fingerprint density at radius 3 is 2.38 bits per heavy atom. The molecule has 0 atom stereocenters. The molecule has 0 unspecified atom stereocenters. The molecule has 0 saturated heterocycles. The quantitative estimate of drug-likeness (QED) is 0.707. The van der Waals surface area contributed by atoms with Gasteiger partial charge in [0, 0.05) is 5.69 Å². The molecule has 0 spiro atoms. The van der Waals surface area contributed by atoms with Crippen LogP contribution in [0.3, 0.4) is 0 Å². The van der Waals surface area contributed by atoms with Crippen molar-refractivity contribution in [3.63, 3.8) is 0 Å². The van der Waals surface area contributed by atoms with Crippen molar-refractivity contribution in [2.45, 2.75) is 19.8 Å². The lowest BCUT2D eigenvalue weighted by Crippen LogP contribution is -2.20. The van der Waals surface area contributed by atoms with Gasteiger partial charge in [-0.3, -0.25) is 4.79 Å². The highest BCUT2D eigenvalue weighted by atomic mass is 16.5. The summed E-state index contributed by atoms with van der Waals surface area (Å²) in [5.74, 6) is -1.07. The number of carboxylic acid groups (broad SMARTS) is 1. The number of anilines is 1. The normalized spacial score (nSPS) is 10.5. The lowest BCUT2D eigenvalue weighted by Gasteiger charge is -2.10. The fraction of sp³-hybridized carbons (Fsp3) is 0.222. The summed E-state index contributed by atoms with van der Waals surface area (Å²) in [6.07, 6.45) is 0. The van der Waals surface area contributed by atoms with Crippen LogP contribution in [-0.2, 0) is 4.79 Å². The van der Waals surface area contributed by atoms with Gasteiger partial charge in [0.2, 0.25) is 0 Å². The van der Waals surface area contributed by atoms with Crippen LogP contribution in [-0.4, -0.2) is 28.7 Å². The fourth-order valence-corrected chi connectivity index (χ4v) is 2.08. The lowest BCUT2D eigenvalue weighted by molar-refractivity contribution is -0.118. The Hall–Kier alpha value is -3.02. The topological polar surface area (TPSA) is 95.9 Å². The van der Waals surface area contributed by atoms with E-state index in [1.54, 1.807) is 12.1 Å². The van der Waals surface area contributed by atoms with Gasteiger partial charge in [-0.1, -0.05) is 26.0 Å². The molecule has 0 fully saturated rings. The van der Waals surface area contributed by atoms with E-state index >= 15 is 0 Å². The van der Waals surface area contributed by atoms with E-state index in [1.165, 1.54) is 23.8 Å². The Morgan fingerprint density at radius 2 is 1.79 bits per heavy atom. The smallest absolute Gasteiger partial charge is 0.339 e. The van der Waals surface area contributed by atoms with Gasteiger partial charge in [-0.25, -0.2) is 4.79 Å². The van der Waals surface area contributed by atoms with Crippen molar-refractivity contribution in [3.05, 3.63) is 53.6 Å². The molecule has 126 valence electrons. The summed E-state index contributed by atoms with van der Waals surface area (Å²) in [5, 5.41) is 20.9. The van der Waals surface area contributed by atoms with Crippen molar-refractivity contribution in [1.82, 2.24) is 0 Å². The number of hydrogen-bond acceptors (Lipinski definition) is 4. The van der Waals surface area contributed by atoms with Gasteiger partial charge >= 0.3 is 5.97 Å². The zero-order valence-corrected chi connectivity index (χ0v) is 13.4. The molecule has 2 aromatic carbocycles. The highest BCUT2D eigenvalue weighted by Crippen LogP contribution is 2.22. The number of carbonyl (C=O) groups excluding carboxylic acids is 1. The minimum absolute atomic E-state index is 0.204. The zero-order chi connectivity index (χ0) is 17.7. The molecule has 6 heteroatoms. The molecule has 0 aliphatic heterocycles. The molecule has 0 aliphatic rings. The Balaban J connectivity index is 1.94. The summed E-state index contributed by atoms with van der Waals surface area (Å²) in [6, 6.07) is 11.3. The minimum atomic E-state index is -1.27. The Kier molecular flexibility index (Phi) is 5.42. The first-order chi connectivity index (χ1) is 11.4. The number of aromatic hydroxyl groups is 1. The summed E-state index contributed by atoms with van der Waals surface area (Å²) < 4.78 is 5.40. The molecule has 2 aromatic rings. The summed E-state index contributed by atoms with van der Waals surface area (Å²) in [6.45, 7) is 3.98. The van der Waals surface area contributed by atoms with E-state index in [-0.39, 0.29) is 23.6 Å². The second-order valence-electron chi connectivity index (χ2n) is 5.60. The molecule has 24 heavy (non-hydrogen) atoms. The van der Waals surface area contributed by atoms with Crippen LogP contribution in [0, 0.1) is 0 Å².